The summed E-state index contributed by atoms with van der Waals surface area (Å²) in [6.45, 7) is 4.93. The number of halogens is 7. The molecule has 6 nitrogen and oxygen atoms in total. The fraction of sp³-hybridized carbons (Fsp3) is 0.682. The van der Waals surface area contributed by atoms with Gasteiger partial charge in [0.2, 0.25) is 0 Å². The zero-order valence-corrected chi connectivity index (χ0v) is 21.1. The van der Waals surface area contributed by atoms with E-state index in [0.29, 0.717) is 11.6 Å². The smallest absolute Gasteiger partial charge is 0.426 e. The highest BCUT2D eigenvalue weighted by molar-refractivity contribution is 7.96. The lowest BCUT2D eigenvalue weighted by Crippen LogP contribution is -2.54. The molecule has 1 spiro atoms. The average Bonchev–Trinajstić information content (AvgIpc) is 3.22. The van der Waals surface area contributed by atoms with E-state index in [2.05, 4.69) is 20.2 Å². The minimum Gasteiger partial charge on any atom is -0.426 e. The quantitative estimate of drug-likeness (QED) is 0.378. The maximum Gasteiger partial charge on any atom is 0.434 e. The van der Waals surface area contributed by atoms with Gasteiger partial charge in [0.05, 0.1) is 0 Å². The molecule has 0 bridgehead atoms. The summed E-state index contributed by atoms with van der Waals surface area (Å²) in [6, 6.07) is 5.67. The van der Waals surface area contributed by atoms with Crippen LogP contribution in [0.1, 0.15) is 12.0 Å². The van der Waals surface area contributed by atoms with Crippen LogP contribution in [0, 0.1) is 5.41 Å². The van der Waals surface area contributed by atoms with Crippen LogP contribution in [0.4, 0.5) is 36.8 Å². The topological polar surface area (TPSA) is 39.3 Å². The first-order valence-corrected chi connectivity index (χ1v) is 13.0. The Balaban J connectivity index is 1.35. The van der Waals surface area contributed by atoms with Crippen LogP contribution in [0.5, 0.6) is 0 Å². The van der Waals surface area contributed by atoms with Crippen molar-refractivity contribution in [2.75, 3.05) is 63.5 Å². The summed E-state index contributed by atoms with van der Waals surface area (Å²) in [5.74, 6) is 0. The number of anilines is 1. The number of carbonyl (C=O) groups excluding carboxylic acids is 1. The summed E-state index contributed by atoms with van der Waals surface area (Å²) in [4.78, 5) is 17.2. The molecule has 3 aliphatic heterocycles. The molecule has 0 aromatic heterocycles. The molecular weight excluding hydrogens is 534 g/mol. The second-order valence-electron chi connectivity index (χ2n) is 9.54. The van der Waals surface area contributed by atoms with Gasteiger partial charge in [-0.25, -0.2) is 9.10 Å². The normalized spacial score (nSPS) is 21.4. The number of amides is 1. The van der Waals surface area contributed by atoms with Gasteiger partial charge in [0.1, 0.15) is 0 Å². The number of benzene rings is 1. The van der Waals surface area contributed by atoms with Gasteiger partial charge in [0, 0.05) is 75.0 Å². The highest BCUT2D eigenvalue weighted by Crippen LogP contribution is 2.44. The summed E-state index contributed by atoms with van der Waals surface area (Å²) < 4.78 is 82.4. The second-order valence-corrected chi connectivity index (χ2v) is 10.9. The van der Waals surface area contributed by atoms with E-state index >= 15 is 0 Å². The summed E-state index contributed by atoms with van der Waals surface area (Å²) in [5, 5.41) is 0.616. The Kier molecular flexibility index (Phi) is 7.86. The van der Waals surface area contributed by atoms with Crippen LogP contribution >= 0.6 is 23.5 Å². The van der Waals surface area contributed by atoms with Crippen molar-refractivity contribution in [1.82, 2.24) is 14.1 Å². The number of carbonyl (C=O) groups is 1. The predicted molar refractivity (Wildman–Crippen MR) is 125 cm³/mol. The molecule has 36 heavy (non-hydrogen) atoms. The van der Waals surface area contributed by atoms with Gasteiger partial charge in [0.25, 0.3) is 6.10 Å². The SMILES string of the molecule is CSN1CC2(CCN(c3cc(Cl)ccc3CN3CCN(C(=O)OC(C(F)(F)F)C(F)(F)F)CC3)C2)C1. The highest BCUT2D eigenvalue weighted by atomic mass is 35.5. The van der Waals surface area contributed by atoms with E-state index in [1.54, 1.807) is 18.0 Å². The Labute approximate surface area is 214 Å². The highest BCUT2D eigenvalue weighted by Gasteiger charge is 2.60. The predicted octanol–water partition coefficient (Wildman–Crippen LogP) is 4.88. The molecule has 0 saturated carbocycles. The molecule has 1 amide bonds. The molecule has 202 valence electrons. The third kappa shape index (κ3) is 6.11. The third-order valence-electron chi connectivity index (χ3n) is 6.95. The lowest BCUT2D eigenvalue weighted by molar-refractivity contribution is -0.308. The van der Waals surface area contributed by atoms with Gasteiger partial charge in [-0.15, -0.1) is 0 Å². The van der Waals surface area contributed by atoms with Gasteiger partial charge in [-0.1, -0.05) is 29.6 Å². The number of hydrogen-bond acceptors (Lipinski definition) is 6. The molecule has 3 saturated heterocycles. The molecule has 14 heteroatoms. The fourth-order valence-corrected chi connectivity index (χ4v) is 5.99. The van der Waals surface area contributed by atoms with E-state index in [0.717, 1.165) is 48.8 Å². The molecule has 3 aliphatic rings. The monoisotopic (exact) mass is 560 g/mol. The molecule has 0 N–H and O–H groups in total. The summed E-state index contributed by atoms with van der Waals surface area (Å²) >= 11 is 8.04. The van der Waals surface area contributed by atoms with E-state index in [-0.39, 0.29) is 31.6 Å². The summed E-state index contributed by atoms with van der Waals surface area (Å²) in [5.41, 5.74) is 2.34. The molecule has 3 fully saturated rings. The first kappa shape index (κ1) is 27.5. The molecular formula is C22H27ClF6N4O2S. The Morgan fingerprint density at radius 2 is 1.69 bits per heavy atom. The van der Waals surface area contributed by atoms with E-state index in [9.17, 15) is 31.1 Å². The first-order chi connectivity index (χ1) is 16.8. The minimum atomic E-state index is -5.73. The summed E-state index contributed by atoms with van der Waals surface area (Å²) in [7, 11) is 0. The number of ether oxygens (including phenoxy) is 1. The minimum absolute atomic E-state index is 0.0401. The van der Waals surface area contributed by atoms with Crippen LogP contribution in [0.2, 0.25) is 5.02 Å². The molecule has 0 radical (unpaired) electrons. The van der Waals surface area contributed by atoms with Crippen molar-refractivity contribution in [2.45, 2.75) is 31.4 Å². The second kappa shape index (κ2) is 10.3. The van der Waals surface area contributed by atoms with Crippen LogP contribution in [0.3, 0.4) is 0 Å². The van der Waals surface area contributed by atoms with Gasteiger partial charge in [-0.05, 0) is 30.4 Å². The van der Waals surface area contributed by atoms with Gasteiger partial charge < -0.3 is 14.5 Å². The Bertz CT molecular complexity index is 937. The molecule has 4 rings (SSSR count). The van der Waals surface area contributed by atoms with Crippen molar-refractivity contribution < 1.29 is 35.9 Å². The van der Waals surface area contributed by atoms with Gasteiger partial charge in [0.15, 0.2) is 0 Å². The van der Waals surface area contributed by atoms with Crippen LogP contribution in [-0.2, 0) is 11.3 Å². The number of piperazine rings is 1. The average molecular weight is 561 g/mol. The number of rotatable bonds is 5. The van der Waals surface area contributed by atoms with E-state index < -0.39 is 24.5 Å². The molecule has 0 unspecified atom stereocenters. The zero-order valence-electron chi connectivity index (χ0n) is 19.5. The van der Waals surface area contributed by atoms with E-state index in [1.165, 1.54) is 0 Å². The lowest BCUT2D eigenvalue weighted by atomic mass is 9.81. The standard InChI is InChI=1S/C22H27ClF6N4O2S/c1-36-33-13-20(14-33)4-5-32(12-20)17-10-16(23)3-2-15(17)11-30-6-8-31(9-7-30)19(34)35-18(21(24,25)26)22(27,28)29/h2-3,10,18H,4-9,11-14H2,1H3. The number of alkyl halides is 6. The summed E-state index contributed by atoms with van der Waals surface area (Å²) in [6.07, 6.45) is -14.1. The maximum atomic E-state index is 12.7. The largest absolute Gasteiger partial charge is 0.434 e. The molecule has 1 aromatic rings. The first-order valence-electron chi connectivity index (χ1n) is 11.4. The van der Waals surface area contributed by atoms with Crippen molar-refractivity contribution >= 4 is 35.3 Å². The number of nitrogens with zero attached hydrogens (tertiary/aromatic N) is 4. The molecule has 1 aromatic carbocycles. The van der Waals surface area contributed by atoms with Gasteiger partial charge >= 0.3 is 18.4 Å². The molecule has 0 atom stereocenters. The van der Waals surface area contributed by atoms with Crippen LogP contribution in [-0.4, -0.2) is 97.3 Å². The fourth-order valence-electron chi connectivity index (χ4n) is 5.02. The Morgan fingerprint density at radius 3 is 2.28 bits per heavy atom. The third-order valence-corrected chi connectivity index (χ3v) is 7.96. The van der Waals surface area contributed by atoms with E-state index in [1.807, 2.05) is 17.0 Å². The van der Waals surface area contributed by atoms with Crippen molar-refractivity contribution in [3.05, 3.63) is 28.8 Å². The van der Waals surface area contributed by atoms with Crippen LogP contribution in [0.25, 0.3) is 0 Å². The van der Waals surface area contributed by atoms with Gasteiger partial charge in [-0.2, -0.15) is 26.3 Å². The van der Waals surface area contributed by atoms with Crippen LogP contribution < -0.4 is 4.90 Å². The van der Waals surface area contributed by atoms with Crippen molar-refractivity contribution in [1.29, 1.82) is 0 Å². The molecule has 0 aliphatic carbocycles. The number of hydrogen-bond donors (Lipinski definition) is 0. The zero-order chi connectivity index (χ0) is 26.3. The Hall–Kier alpha value is -1.57. The lowest BCUT2D eigenvalue weighted by Gasteiger charge is -2.46. The van der Waals surface area contributed by atoms with Gasteiger partial charge in [-0.3, -0.25) is 4.90 Å². The van der Waals surface area contributed by atoms with Crippen LogP contribution in [0.15, 0.2) is 18.2 Å². The van der Waals surface area contributed by atoms with Crippen molar-refractivity contribution in [3.63, 3.8) is 0 Å². The van der Waals surface area contributed by atoms with Crippen molar-refractivity contribution in [2.24, 2.45) is 5.41 Å². The Morgan fingerprint density at radius 1 is 1.06 bits per heavy atom. The maximum absolute atomic E-state index is 12.7. The van der Waals surface area contributed by atoms with E-state index in [4.69, 9.17) is 11.6 Å². The molecule has 3 heterocycles. The van der Waals surface area contributed by atoms with Crippen molar-refractivity contribution in [3.8, 4) is 0 Å².